The fourth-order valence-electron chi connectivity index (χ4n) is 1.54. The van der Waals surface area contributed by atoms with Crippen molar-refractivity contribution in [2.75, 3.05) is 0 Å². The quantitative estimate of drug-likeness (QED) is 0.685. The number of carbonyl (C=O) groups is 1. The van der Waals surface area contributed by atoms with E-state index < -0.39 is 40.2 Å². The van der Waals surface area contributed by atoms with Crippen LogP contribution in [0.4, 0.5) is 18.9 Å². The maximum Gasteiger partial charge on any atom is 0.391 e. The predicted molar refractivity (Wildman–Crippen MR) is 65.7 cm³/mol. The second-order valence-electron chi connectivity index (χ2n) is 4.09. The third-order valence-corrected chi connectivity index (χ3v) is 2.73. The number of nitrogens with one attached hydrogen (secondary N) is 1. The Balaban J connectivity index is 2.88. The Morgan fingerprint density at radius 2 is 2.10 bits per heavy atom. The van der Waals surface area contributed by atoms with Gasteiger partial charge in [0.2, 0.25) is 0 Å². The van der Waals surface area contributed by atoms with E-state index in [0.29, 0.717) is 0 Å². The average Bonchev–Trinajstić information content (AvgIpc) is 2.25. The summed E-state index contributed by atoms with van der Waals surface area (Å²) in [5.74, 6) is -0.893. The molecule has 0 aliphatic heterocycles. The molecular weight excluding hydrogens is 301 g/mol. The Morgan fingerprint density at radius 1 is 1.50 bits per heavy atom. The maximum absolute atomic E-state index is 12.1. The van der Waals surface area contributed by atoms with E-state index in [9.17, 15) is 28.1 Å². The third-order valence-electron chi connectivity index (χ3n) is 2.33. The van der Waals surface area contributed by atoms with Crippen LogP contribution in [0.15, 0.2) is 18.2 Å². The van der Waals surface area contributed by atoms with Crippen LogP contribution in [0.25, 0.3) is 0 Å². The van der Waals surface area contributed by atoms with E-state index >= 15 is 0 Å². The number of nitrogens with zero attached hydrogens (tertiary/aromatic N) is 1. The van der Waals surface area contributed by atoms with Crippen molar-refractivity contribution in [1.29, 1.82) is 0 Å². The smallest absolute Gasteiger partial charge is 0.349 e. The molecule has 1 atom stereocenters. The number of benzene rings is 1. The number of amides is 1. The number of hydrogen-bond donors (Lipinski definition) is 1. The van der Waals surface area contributed by atoms with Gasteiger partial charge in [-0.25, -0.2) is 0 Å². The summed E-state index contributed by atoms with van der Waals surface area (Å²) in [6.45, 7) is 1.18. The van der Waals surface area contributed by atoms with Gasteiger partial charge in [0.1, 0.15) is 5.02 Å². The summed E-state index contributed by atoms with van der Waals surface area (Å²) in [6.07, 6.45) is -5.62. The predicted octanol–water partition coefficient (Wildman–Crippen LogP) is 3.32. The number of alkyl halides is 3. The van der Waals surface area contributed by atoms with Crippen LogP contribution < -0.4 is 5.32 Å². The highest BCUT2D eigenvalue weighted by atomic mass is 35.5. The first-order chi connectivity index (χ1) is 9.11. The molecule has 1 rings (SSSR count). The van der Waals surface area contributed by atoms with Crippen molar-refractivity contribution in [2.24, 2.45) is 0 Å². The summed E-state index contributed by atoms with van der Waals surface area (Å²) >= 11 is 5.69. The Morgan fingerprint density at radius 3 is 2.60 bits per heavy atom. The van der Waals surface area contributed by atoms with Crippen LogP contribution in [0.1, 0.15) is 23.7 Å². The molecule has 0 aliphatic rings. The molecule has 20 heavy (non-hydrogen) atoms. The summed E-state index contributed by atoms with van der Waals surface area (Å²) in [5, 5.41) is 12.3. The fraction of sp³-hybridized carbons (Fsp3) is 0.364. The number of halogens is 4. The van der Waals surface area contributed by atoms with E-state index in [2.05, 4.69) is 5.32 Å². The van der Waals surface area contributed by atoms with Crippen molar-refractivity contribution >= 4 is 23.2 Å². The SMILES string of the molecule is CC(CC(F)(F)F)NC(=O)c1cccc([N+](=O)[O-])c1Cl. The van der Waals surface area contributed by atoms with Gasteiger partial charge in [0, 0.05) is 12.1 Å². The largest absolute Gasteiger partial charge is 0.391 e. The Hall–Kier alpha value is -1.83. The average molecular weight is 311 g/mol. The van der Waals surface area contributed by atoms with E-state index in [1.165, 1.54) is 19.1 Å². The lowest BCUT2D eigenvalue weighted by atomic mass is 10.1. The van der Waals surface area contributed by atoms with Crippen LogP contribution in [0, 0.1) is 10.1 Å². The second-order valence-corrected chi connectivity index (χ2v) is 4.47. The number of carbonyl (C=O) groups excluding carboxylic acids is 1. The van der Waals surface area contributed by atoms with Gasteiger partial charge in [0.05, 0.1) is 16.9 Å². The van der Waals surface area contributed by atoms with Gasteiger partial charge in [0.25, 0.3) is 11.6 Å². The molecule has 9 heteroatoms. The summed E-state index contributed by atoms with van der Waals surface area (Å²) in [4.78, 5) is 21.6. The molecule has 5 nitrogen and oxygen atoms in total. The second kappa shape index (κ2) is 6.08. The molecule has 1 aromatic carbocycles. The molecular formula is C11H10ClF3N2O3. The zero-order valence-electron chi connectivity index (χ0n) is 10.2. The summed E-state index contributed by atoms with van der Waals surface area (Å²) in [6, 6.07) is 2.36. The molecule has 0 aromatic heterocycles. The highest BCUT2D eigenvalue weighted by Gasteiger charge is 2.31. The Kier molecular flexibility index (Phi) is 4.93. The molecule has 0 heterocycles. The summed E-state index contributed by atoms with van der Waals surface area (Å²) in [7, 11) is 0. The minimum absolute atomic E-state index is 0.241. The topological polar surface area (TPSA) is 72.2 Å². The highest BCUT2D eigenvalue weighted by Crippen LogP contribution is 2.28. The van der Waals surface area contributed by atoms with E-state index in [0.717, 1.165) is 6.07 Å². The van der Waals surface area contributed by atoms with Gasteiger partial charge in [0.15, 0.2) is 0 Å². The Bertz CT molecular complexity index is 534. The lowest BCUT2D eigenvalue weighted by molar-refractivity contribution is -0.384. The number of hydrogen-bond acceptors (Lipinski definition) is 3. The highest BCUT2D eigenvalue weighted by molar-refractivity contribution is 6.35. The first kappa shape index (κ1) is 16.2. The normalized spacial score (nSPS) is 12.8. The minimum atomic E-state index is -4.42. The van der Waals surface area contributed by atoms with Crippen molar-refractivity contribution in [3.63, 3.8) is 0 Å². The van der Waals surface area contributed by atoms with Gasteiger partial charge >= 0.3 is 6.18 Å². The molecule has 0 radical (unpaired) electrons. The first-order valence-corrected chi connectivity index (χ1v) is 5.80. The lowest BCUT2D eigenvalue weighted by Gasteiger charge is -2.16. The zero-order valence-corrected chi connectivity index (χ0v) is 11.0. The Labute approximate surface area is 116 Å². The molecule has 0 bridgehead atoms. The minimum Gasteiger partial charge on any atom is -0.349 e. The number of nitro benzene ring substituents is 1. The van der Waals surface area contributed by atoms with Gasteiger partial charge in [-0.2, -0.15) is 13.2 Å². The van der Waals surface area contributed by atoms with Crippen LogP contribution in [0.5, 0.6) is 0 Å². The monoisotopic (exact) mass is 310 g/mol. The molecule has 0 saturated carbocycles. The van der Waals surface area contributed by atoms with Crippen LogP contribution in [-0.4, -0.2) is 23.0 Å². The van der Waals surface area contributed by atoms with E-state index in [-0.39, 0.29) is 5.56 Å². The van der Waals surface area contributed by atoms with Gasteiger partial charge < -0.3 is 5.32 Å². The van der Waals surface area contributed by atoms with Crippen LogP contribution in [-0.2, 0) is 0 Å². The van der Waals surface area contributed by atoms with E-state index in [4.69, 9.17) is 11.6 Å². The molecule has 1 aromatic rings. The summed E-state index contributed by atoms with van der Waals surface area (Å²) < 4.78 is 36.4. The maximum atomic E-state index is 12.1. The molecule has 1 N–H and O–H groups in total. The van der Waals surface area contributed by atoms with Crippen molar-refractivity contribution in [2.45, 2.75) is 25.6 Å². The molecule has 0 spiro atoms. The molecule has 110 valence electrons. The van der Waals surface area contributed by atoms with E-state index in [1.807, 2.05) is 0 Å². The zero-order chi connectivity index (χ0) is 15.5. The molecule has 0 aliphatic carbocycles. The van der Waals surface area contributed by atoms with E-state index in [1.54, 1.807) is 0 Å². The first-order valence-electron chi connectivity index (χ1n) is 5.42. The number of rotatable bonds is 4. The fourth-order valence-corrected chi connectivity index (χ4v) is 1.82. The van der Waals surface area contributed by atoms with Crippen molar-refractivity contribution in [3.05, 3.63) is 38.9 Å². The van der Waals surface area contributed by atoms with Crippen molar-refractivity contribution < 1.29 is 22.9 Å². The summed E-state index contributed by atoms with van der Waals surface area (Å²) in [5.41, 5.74) is -0.724. The molecule has 0 saturated heterocycles. The van der Waals surface area contributed by atoms with Crippen molar-refractivity contribution in [3.8, 4) is 0 Å². The van der Waals surface area contributed by atoms with Gasteiger partial charge in [-0.15, -0.1) is 0 Å². The van der Waals surface area contributed by atoms with Crippen LogP contribution in [0.2, 0.25) is 5.02 Å². The van der Waals surface area contributed by atoms with Gasteiger partial charge in [-0.3, -0.25) is 14.9 Å². The third kappa shape index (κ3) is 4.37. The lowest BCUT2D eigenvalue weighted by Crippen LogP contribution is -2.36. The number of nitro groups is 1. The van der Waals surface area contributed by atoms with Crippen molar-refractivity contribution in [1.82, 2.24) is 5.32 Å². The molecule has 0 fully saturated rings. The standard InChI is InChI=1S/C11H10ClF3N2O3/c1-6(5-11(13,14)15)16-10(18)7-3-2-4-8(9(7)12)17(19)20/h2-4,6H,5H2,1H3,(H,16,18). The molecule has 1 unspecified atom stereocenters. The van der Waals surface area contributed by atoms with Crippen LogP contribution >= 0.6 is 11.6 Å². The van der Waals surface area contributed by atoms with Gasteiger partial charge in [-0.1, -0.05) is 17.7 Å². The van der Waals surface area contributed by atoms with Crippen LogP contribution in [0.3, 0.4) is 0 Å². The van der Waals surface area contributed by atoms with Gasteiger partial charge in [-0.05, 0) is 13.0 Å². The molecule has 1 amide bonds.